The van der Waals surface area contributed by atoms with Gasteiger partial charge in [0.05, 0.1) is 14.2 Å². The summed E-state index contributed by atoms with van der Waals surface area (Å²) in [4.78, 5) is 0. The van der Waals surface area contributed by atoms with Crippen LogP contribution in [-0.2, 0) is 21.5 Å². The minimum atomic E-state index is -2.96. The van der Waals surface area contributed by atoms with Gasteiger partial charge >= 0.3 is 0 Å². The van der Waals surface area contributed by atoms with E-state index in [0.717, 1.165) is 21.7 Å². The molecule has 0 aliphatic heterocycles. The molecule has 2 atom stereocenters. The fourth-order valence-corrected chi connectivity index (χ4v) is 11.4. The maximum absolute atomic E-state index is 14.7. The topological polar surface area (TPSA) is 52.6 Å². The standard InChI is InChI=1S/C30H32O4P2/c1-33-29-19-11-9-13-25(29)23-35(31,27-15-5-3-6-16-27)21-22-36(32,28-17-7-4-8-18-28)24-26-14-10-12-20-30(26)34-2/h3-20H,21-24H2,1-2H3. The first-order valence-electron chi connectivity index (χ1n) is 12.0. The van der Waals surface area contributed by atoms with Crippen molar-refractivity contribution in [1.82, 2.24) is 0 Å². The highest BCUT2D eigenvalue weighted by Gasteiger charge is 2.33. The van der Waals surface area contributed by atoms with Crippen molar-refractivity contribution in [3.63, 3.8) is 0 Å². The van der Waals surface area contributed by atoms with E-state index in [0.29, 0.717) is 36.1 Å². The van der Waals surface area contributed by atoms with Gasteiger partial charge in [0.2, 0.25) is 0 Å². The summed E-state index contributed by atoms with van der Waals surface area (Å²) < 4.78 is 40.5. The van der Waals surface area contributed by atoms with Crippen molar-refractivity contribution in [1.29, 1.82) is 0 Å². The maximum Gasteiger partial charge on any atom is 0.122 e. The van der Waals surface area contributed by atoms with Crippen molar-refractivity contribution in [2.75, 3.05) is 26.5 Å². The van der Waals surface area contributed by atoms with Gasteiger partial charge in [-0.1, -0.05) is 97.1 Å². The minimum absolute atomic E-state index is 0.330. The Morgan fingerprint density at radius 2 is 0.833 bits per heavy atom. The SMILES string of the molecule is COc1ccccc1CP(=O)(CCP(=O)(Cc1ccccc1OC)c1ccccc1)c1ccccc1. The first kappa shape index (κ1) is 26.0. The Bertz CT molecular complexity index is 1260. The van der Waals surface area contributed by atoms with Crippen LogP contribution in [0.5, 0.6) is 11.5 Å². The average Bonchev–Trinajstić information content (AvgIpc) is 2.93. The van der Waals surface area contributed by atoms with Gasteiger partial charge in [0.1, 0.15) is 25.8 Å². The van der Waals surface area contributed by atoms with E-state index in [1.54, 1.807) is 14.2 Å². The Labute approximate surface area is 214 Å². The summed E-state index contributed by atoms with van der Waals surface area (Å²) in [5.41, 5.74) is 1.79. The summed E-state index contributed by atoms with van der Waals surface area (Å²) in [6, 6.07) is 34.6. The van der Waals surface area contributed by atoms with Crippen LogP contribution in [0.25, 0.3) is 0 Å². The number of methoxy groups -OCH3 is 2. The molecular weight excluding hydrogens is 486 g/mol. The monoisotopic (exact) mass is 518 g/mol. The Hall–Kier alpha value is -3.06. The second-order valence-corrected chi connectivity index (χ2v) is 15.0. The summed E-state index contributed by atoms with van der Waals surface area (Å²) in [6.45, 7) is 0. The second-order valence-electron chi connectivity index (χ2n) is 8.84. The zero-order valence-electron chi connectivity index (χ0n) is 20.7. The van der Waals surface area contributed by atoms with Gasteiger partial charge in [-0.3, -0.25) is 0 Å². The van der Waals surface area contributed by atoms with Crippen LogP contribution < -0.4 is 20.1 Å². The summed E-state index contributed by atoms with van der Waals surface area (Å²) in [7, 11) is -2.66. The molecule has 0 aromatic heterocycles. The van der Waals surface area contributed by atoms with E-state index in [4.69, 9.17) is 9.47 Å². The van der Waals surface area contributed by atoms with Crippen LogP contribution in [-0.4, -0.2) is 26.5 Å². The highest BCUT2D eigenvalue weighted by molar-refractivity contribution is 7.74. The molecule has 0 saturated heterocycles. The van der Waals surface area contributed by atoms with E-state index in [2.05, 4.69) is 0 Å². The number of ether oxygens (including phenoxy) is 2. The molecule has 4 nitrogen and oxygen atoms in total. The number of para-hydroxylation sites is 2. The Balaban J connectivity index is 1.72. The lowest BCUT2D eigenvalue weighted by molar-refractivity contribution is 0.411. The molecule has 0 spiro atoms. The van der Waals surface area contributed by atoms with Crippen molar-refractivity contribution in [3.05, 3.63) is 120 Å². The van der Waals surface area contributed by atoms with Crippen LogP contribution in [0.1, 0.15) is 11.1 Å². The molecule has 36 heavy (non-hydrogen) atoms. The first-order valence-corrected chi connectivity index (χ1v) is 16.1. The molecule has 0 fully saturated rings. The molecule has 0 aliphatic carbocycles. The Morgan fingerprint density at radius 1 is 0.500 bits per heavy atom. The zero-order valence-corrected chi connectivity index (χ0v) is 22.5. The van der Waals surface area contributed by atoms with E-state index in [-0.39, 0.29) is 0 Å². The molecule has 4 aromatic rings. The van der Waals surface area contributed by atoms with Gasteiger partial charge in [0, 0.05) is 46.4 Å². The highest BCUT2D eigenvalue weighted by Crippen LogP contribution is 2.56. The molecule has 0 bridgehead atoms. The molecule has 0 aliphatic rings. The first-order chi connectivity index (χ1) is 17.5. The maximum atomic E-state index is 14.7. The van der Waals surface area contributed by atoms with Crippen molar-refractivity contribution in [2.24, 2.45) is 0 Å². The summed E-state index contributed by atoms with van der Waals surface area (Å²) >= 11 is 0. The lowest BCUT2D eigenvalue weighted by Crippen LogP contribution is -2.17. The number of hydrogen-bond acceptors (Lipinski definition) is 4. The van der Waals surface area contributed by atoms with Gasteiger partial charge < -0.3 is 18.6 Å². The third-order valence-corrected chi connectivity index (χ3v) is 12.9. The Morgan fingerprint density at radius 3 is 1.19 bits per heavy atom. The fourth-order valence-electron chi connectivity index (χ4n) is 4.54. The lowest BCUT2D eigenvalue weighted by atomic mass is 10.2. The van der Waals surface area contributed by atoms with Crippen molar-refractivity contribution in [3.8, 4) is 11.5 Å². The average molecular weight is 519 g/mol. The highest BCUT2D eigenvalue weighted by atomic mass is 31.2. The van der Waals surface area contributed by atoms with E-state index in [9.17, 15) is 9.13 Å². The van der Waals surface area contributed by atoms with Crippen LogP contribution in [0.15, 0.2) is 109 Å². The van der Waals surface area contributed by atoms with Crippen LogP contribution in [0.2, 0.25) is 0 Å². The van der Waals surface area contributed by atoms with Crippen LogP contribution in [0, 0.1) is 0 Å². The van der Waals surface area contributed by atoms with Gasteiger partial charge in [-0.25, -0.2) is 0 Å². The van der Waals surface area contributed by atoms with E-state index < -0.39 is 14.3 Å². The number of benzene rings is 4. The minimum Gasteiger partial charge on any atom is -0.496 e. The smallest absolute Gasteiger partial charge is 0.122 e. The molecule has 4 rings (SSSR count). The lowest BCUT2D eigenvalue weighted by Gasteiger charge is -2.25. The van der Waals surface area contributed by atoms with Gasteiger partial charge in [0.15, 0.2) is 0 Å². The molecule has 0 radical (unpaired) electrons. The zero-order chi connectivity index (χ0) is 25.4. The van der Waals surface area contributed by atoms with Gasteiger partial charge in [0.25, 0.3) is 0 Å². The molecule has 0 saturated carbocycles. The molecule has 6 heteroatoms. The second kappa shape index (κ2) is 11.8. The largest absolute Gasteiger partial charge is 0.496 e. The quantitative estimate of drug-likeness (QED) is 0.205. The summed E-state index contributed by atoms with van der Waals surface area (Å²) in [5.74, 6) is 1.43. The third-order valence-electron chi connectivity index (χ3n) is 6.51. The third kappa shape index (κ3) is 6.01. The van der Waals surface area contributed by atoms with Gasteiger partial charge in [-0.05, 0) is 12.1 Å². The number of rotatable bonds is 11. The van der Waals surface area contributed by atoms with Gasteiger partial charge in [-0.2, -0.15) is 0 Å². The number of hydrogen-bond donors (Lipinski definition) is 0. The normalized spacial score (nSPS) is 14.4. The molecule has 4 aromatic carbocycles. The summed E-state index contributed by atoms with van der Waals surface area (Å²) in [5, 5.41) is 1.60. The fraction of sp³-hybridized carbons (Fsp3) is 0.200. The van der Waals surface area contributed by atoms with Crippen molar-refractivity contribution < 1.29 is 18.6 Å². The van der Waals surface area contributed by atoms with Crippen molar-refractivity contribution in [2.45, 2.75) is 12.3 Å². The van der Waals surface area contributed by atoms with Crippen LogP contribution >= 0.6 is 14.3 Å². The predicted molar refractivity (Wildman–Crippen MR) is 150 cm³/mol. The van der Waals surface area contributed by atoms with Crippen molar-refractivity contribution >= 4 is 24.9 Å². The van der Waals surface area contributed by atoms with Crippen LogP contribution in [0.3, 0.4) is 0 Å². The molecule has 2 unspecified atom stereocenters. The summed E-state index contributed by atoms with van der Waals surface area (Å²) in [6.07, 6.45) is 1.36. The van der Waals surface area contributed by atoms with E-state index in [1.807, 2.05) is 109 Å². The molecule has 0 amide bonds. The van der Waals surface area contributed by atoms with E-state index in [1.165, 1.54) is 0 Å². The van der Waals surface area contributed by atoms with E-state index >= 15 is 0 Å². The Kier molecular flexibility index (Phi) is 8.52. The molecule has 0 heterocycles. The molecule has 0 N–H and O–H groups in total. The van der Waals surface area contributed by atoms with Crippen LogP contribution in [0.4, 0.5) is 0 Å². The molecular formula is C30H32O4P2. The predicted octanol–water partition coefficient (Wildman–Crippen LogP) is 6.78. The molecule has 186 valence electrons. The van der Waals surface area contributed by atoms with Gasteiger partial charge in [-0.15, -0.1) is 0 Å².